The van der Waals surface area contributed by atoms with Crippen molar-refractivity contribution in [2.24, 2.45) is 0 Å². The Morgan fingerprint density at radius 1 is 1.07 bits per heavy atom. The number of nitrogens with one attached hydrogen (secondary N) is 1. The van der Waals surface area contributed by atoms with Gasteiger partial charge in [-0.1, -0.05) is 0 Å². The molecule has 1 aromatic heterocycles. The van der Waals surface area contributed by atoms with Crippen LogP contribution in [0.4, 0.5) is 13.2 Å². The summed E-state index contributed by atoms with van der Waals surface area (Å²) in [7, 11) is 0. The molecule has 0 fully saturated rings. The van der Waals surface area contributed by atoms with Crippen LogP contribution in [0.3, 0.4) is 0 Å². The van der Waals surface area contributed by atoms with Crippen molar-refractivity contribution in [3.8, 4) is 17.2 Å². The molecule has 1 heterocycles. The van der Waals surface area contributed by atoms with Crippen LogP contribution in [-0.2, 0) is 12.7 Å². The predicted octanol–water partition coefficient (Wildman–Crippen LogP) is 3.53. The Balaban J connectivity index is 2.10. The Bertz CT molecular complexity index is 794. The van der Waals surface area contributed by atoms with E-state index in [1.807, 2.05) is 20.8 Å². The number of rotatable bonds is 10. The molecule has 0 spiro atoms. The van der Waals surface area contributed by atoms with Crippen molar-refractivity contribution in [3.05, 3.63) is 35.7 Å². The van der Waals surface area contributed by atoms with Crippen LogP contribution in [0.15, 0.2) is 24.4 Å². The Labute approximate surface area is 166 Å². The van der Waals surface area contributed by atoms with E-state index in [1.54, 1.807) is 12.1 Å². The molecule has 29 heavy (non-hydrogen) atoms. The maximum absolute atomic E-state index is 12.6. The van der Waals surface area contributed by atoms with Gasteiger partial charge in [0.25, 0.3) is 5.91 Å². The van der Waals surface area contributed by atoms with E-state index in [0.29, 0.717) is 37.1 Å². The van der Waals surface area contributed by atoms with Crippen LogP contribution in [0.5, 0.6) is 17.2 Å². The highest BCUT2D eigenvalue weighted by Crippen LogP contribution is 2.39. The quantitative estimate of drug-likeness (QED) is 0.643. The number of hydrogen-bond acceptors (Lipinski definition) is 5. The SMILES string of the molecule is CCOc1cc(C(=O)NCCn2ccc(C(F)(F)F)n2)cc(OCC)c1OCC. The number of alkyl halides is 3. The number of aromatic nitrogens is 2. The molecule has 0 unspecified atom stereocenters. The number of carbonyl (C=O) groups is 1. The number of amides is 1. The molecule has 0 aliphatic carbocycles. The molecule has 1 amide bonds. The van der Waals surface area contributed by atoms with Gasteiger partial charge in [-0.05, 0) is 39.0 Å². The van der Waals surface area contributed by atoms with Crippen LogP contribution in [0.1, 0.15) is 36.8 Å². The minimum absolute atomic E-state index is 0.0927. The number of hydrogen-bond donors (Lipinski definition) is 1. The largest absolute Gasteiger partial charge is 0.490 e. The van der Waals surface area contributed by atoms with Crippen molar-refractivity contribution in [2.45, 2.75) is 33.5 Å². The molecule has 0 saturated heterocycles. The van der Waals surface area contributed by atoms with Crippen LogP contribution >= 0.6 is 0 Å². The lowest BCUT2D eigenvalue weighted by molar-refractivity contribution is -0.141. The van der Waals surface area contributed by atoms with Gasteiger partial charge in [-0.2, -0.15) is 18.3 Å². The molecule has 1 N–H and O–H groups in total. The van der Waals surface area contributed by atoms with Crippen molar-refractivity contribution in [3.63, 3.8) is 0 Å². The monoisotopic (exact) mass is 415 g/mol. The zero-order valence-electron chi connectivity index (χ0n) is 16.5. The summed E-state index contributed by atoms with van der Waals surface area (Å²) in [6, 6.07) is 3.97. The summed E-state index contributed by atoms with van der Waals surface area (Å²) in [5, 5.41) is 6.10. The fourth-order valence-corrected chi connectivity index (χ4v) is 2.54. The summed E-state index contributed by atoms with van der Waals surface area (Å²) in [6.07, 6.45) is -3.28. The third kappa shape index (κ3) is 6.03. The molecule has 2 aromatic rings. The van der Waals surface area contributed by atoms with Crippen molar-refractivity contribution in [1.82, 2.24) is 15.1 Å². The Morgan fingerprint density at radius 2 is 1.66 bits per heavy atom. The number of halogens is 3. The lowest BCUT2D eigenvalue weighted by atomic mass is 10.1. The molecule has 160 valence electrons. The van der Waals surface area contributed by atoms with Gasteiger partial charge in [0, 0.05) is 18.3 Å². The van der Waals surface area contributed by atoms with Gasteiger partial charge in [-0.3, -0.25) is 9.48 Å². The lowest BCUT2D eigenvalue weighted by Crippen LogP contribution is -2.27. The Kier molecular flexibility index (Phi) is 7.74. The first-order valence-electron chi connectivity index (χ1n) is 9.25. The van der Waals surface area contributed by atoms with Gasteiger partial charge < -0.3 is 19.5 Å². The second-order valence-corrected chi connectivity index (χ2v) is 5.82. The predicted molar refractivity (Wildman–Crippen MR) is 99.5 cm³/mol. The molecule has 1 aromatic carbocycles. The molecule has 0 aliphatic heterocycles. The molecule has 0 atom stereocenters. The molecule has 7 nitrogen and oxygen atoms in total. The molecule has 0 aliphatic rings. The standard InChI is InChI=1S/C19H24F3N3O4/c1-4-27-14-11-13(12-15(28-5-2)17(14)29-6-3)18(26)23-8-10-25-9-7-16(24-25)19(20,21)22/h7,9,11-12H,4-6,8,10H2,1-3H3,(H,23,26). The molecule has 2 rings (SSSR count). The first-order chi connectivity index (χ1) is 13.8. The highest BCUT2D eigenvalue weighted by atomic mass is 19.4. The van der Waals surface area contributed by atoms with E-state index in [2.05, 4.69) is 10.4 Å². The lowest BCUT2D eigenvalue weighted by Gasteiger charge is -2.17. The molecule has 0 saturated carbocycles. The summed E-state index contributed by atoms with van der Waals surface area (Å²) in [5.41, 5.74) is -0.685. The minimum atomic E-state index is -4.50. The van der Waals surface area contributed by atoms with Crippen LogP contribution in [0, 0.1) is 0 Å². The topological polar surface area (TPSA) is 74.6 Å². The zero-order chi connectivity index (χ0) is 21.4. The van der Waals surface area contributed by atoms with Crippen LogP contribution < -0.4 is 19.5 Å². The fraction of sp³-hybridized carbons (Fsp3) is 0.474. The van der Waals surface area contributed by atoms with E-state index in [1.165, 1.54) is 6.20 Å². The summed E-state index contributed by atoms with van der Waals surface area (Å²) < 4.78 is 55.6. The van der Waals surface area contributed by atoms with E-state index in [9.17, 15) is 18.0 Å². The number of benzene rings is 1. The van der Waals surface area contributed by atoms with Gasteiger partial charge in [0.2, 0.25) is 5.75 Å². The summed E-state index contributed by atoms with van der Waals surface area (Å²) >= 11 is 0. The van der Waals surface area contributed by atoms with Gasteiger partial charge in [-0.15, -0.1) is 0 Å². The van der Waals surface area contributed by atoms with Crippen LogP contribution in [-0.4, -0.2) is 42.1 Å². The van der Waals surface area contributed by atoms with Gasteiger partial charge >= 0.3 is 6.18 Å². The molecular weight excluding hydrogens is 391 g/mol. The third-order valence-corrected chi connectivity index (χ3v) is 3.73. The van der Waals surface area contributed by atoms with Crippen LogP contribution in [0.25, 0.3) is 0 Å². The van der Waals surface area contributed by atoms with Gasteiger partial charge in [0.1, 0.15) is 0 Å². The highest BCUT2D eigenvalue weighted by molar-refractivity contribution is 5.95. The number of nitrogens with zero attached hydrogens (tertiary/aromatic N) is 2. The van der Waals surface area contributed by atoms with Crippen molar-refractivity contribution >= 4 is 5.91 Å². The number of ether oxygens (including phenoxy) is 3. The summed E-state index contributed by atoms with van der Waals surface area (Å²) in [4.78, 5) is 12.5. The maximum atomic E-state index is 12.6. The molecule has 0 radical (unpaired) electrons. The normalized spacial score (nSPS) is 11.2. The maximum Gasteiger partial charge on any atom is 0.435 e. The highest BCUT2D eigenvalue weighted by Gasteiger charge is 2.33. The Morgan fingerprint density at radius 3 is 2.14 bits per heavy atom. The van der Waals surface area contributed by atoms with Gasteiger partial charge in [0.05, 0.1) is 26.4 Å². The van der Waals surface area contributed by atoms with Crippen molar-refractivity contribution < 1.29 is 32.2 Å². The Hall–Kier alpha value is -2.91. The molecular formula is C19H24F3N3O4. The van der Waals surface area contributed by atoms with Gasteiger partial charge in [-0.25, -0.2) is 0 Å². The second-order valence-electron chi connectivity index (χ2n) is 5.82. The van der Waals surface area contributed by atoms with E-state index in [4.69, 9.17) is 14.2 Å². The first-order valence-corrected chi connectivity index (χ1v) is 9.25. The fourth-order valence-electron chi connectivity index (χ4n) is 2.54. The second kappa shape index (κ2) is 10.0. The average molecular weight is 415 g/mol. The smallest absolute Gasteiger partial charge is 0.435 e. The van der Waals surface area contributed by atoms with Crippen molar-refractivity contribution in [2.75, 3.05) is 26.4 Å². The zero-order valence-corrected chi connectivity index (χ0v) is 16.5. The average Bonchev–Trinajstić information content (AvgIpc) is 3.14. The number of carbonyl (C=O) groups excluding carboxylic acids is 1. The first kappa shape index (κ1) is 22.4. The van der Waals surface area contributed by atoms with E-state index >= 15 is 0 Å². The van der Waals surface area contributed by atoms with E-state index in [-0.39, 0.29) is 18.7 Å². The van der Waals surface area contributed by atoms with E-state index in [0.717, 1.165) is 10.7 Å². The van der Waals surface area contributed by atoms with Crippen LogP contribution in [0.2, 0.25) is 0 Å². The molecule has 0 bridgehead atoms. The molecule has 10 heteroatoms. The van der Waals surface area contributed by atoms with Gasteiger partial charge in [0.15, 0.2) is 17.2 Å². The van der Waals surface area contributed by atoms with Crippen molar-refractivity contribution in [1.29, 1.82) is 0 Å². The minimum Gasteiger partial charge on any atom is -0.490 e. The third-order valence-electron chi connectivity index (χ3n) is 3.73. The summed E-state index contributed by atoms with van der Waals surface area (Å²) in [5.74, 6) is 0.766. The summed E-state index contributed by atoms with van der Waals surface area (Å²) in [6.45, 7) is 6.77. The van der Waals surface area contributed by atoms with E-state index < -0.39 is 17.8 Å².